The molecule has 1 heterocycles. The summed E-state index contributed by atoms with van der Waals surface area (Å²) in [5, 5.41) is 3.07. The summed E-state index contributed by atoms with van der Waals surface area (Å²) in [5.74, 6) is -1.27. The van der Waals surface area contributed by atoms with Gasteiger partial charge in [0, 0.05) is 11.1 Å². The molecular weight excluding hydrogens is 336 g/mol. The highest BCUT2D eigenvalue weighted by Crippen LogP contribution is 2.32. The molecule has 5 N–H and O–H groups in total. The molecule has 2 aromatic rings. The van der Waals surface area contributed by atoms with Gasteiger partial charge in [-0.1, -0.05) is 17.4 Å². The molecule has 1 aromatic carbocycles. The number of hydrogen-bond acceptors (Lipinski definition) is 6. The van der Waals surface area contributed by atoms with E-state index in [1.165, 1.54) is 35.2 Å². The number of carbonyl (C=O) groups excluding carboxylic acids is 3. The van der Waals surface area contributed by atoms with E-state index in [0.29, 0.717) is 16.4 Å². The number of rotatable bonds is 6. The van der Waals surface area contributed by atoms with Crippen molar-refractivity contribution < 1.29 is 14.4 Å². The Balaban J connectivity index is 2.11. The summed E-state index contributed by atoms with van der Waals surface area (Å²) >= 11 is 2.53. The zero-order valence-corrected chi connectivity index (χ0v) is 13.8. The van der Waals surface area contributed by atoms with E-state index in [1.807, 2.05) is 0 Å². The van der Waals surface area contributed by atoms with E-state index in [1.54, 1.807) is 19.1 Å². The van der Waals surface area contributed by atoms with Crippen LogP contribution >= 0.6 is 23.1 Å². The molecular formula is C14H14N4O3S2. The van der Waals surface area contributed by atoms with Crippen molar-refractivity contribution in [3.63, 3.8) is 0 Å². The summed E-state index contributed by atoms with van der Waals surface area (Å²) in [4.78, 5) is 38.4. The number of thioether (sulfide) groups is 1. The average Bonchev–Trinajstić information content (AvgIpc) is 2.85. The topological polar surface area (TPSA) is 128 Å². The van der Waals surface area contributed by atoms with Crippen molar-refractivity contribution in [2.75, 3.05) is 11.1 Å². The predicted octanol–water partition coefficient (Wildman–Crippen LogP) is 1.38. The minimum atomic E-state index is -0.602. The number of anilines is 1. The van der Waals surface area contributed by atoms with Gasteiger partial charge in [0.2, 0.25) is 11.8 Å². The third kappa shape index (κ3) is 4.54. The molecule has 23 heavy (non-hydrogen) atoms. The van der Waals surface area contributed by atoms with Crippen LogP contribution < -0.4 is 16.8 Å². The van der Waals surface area contributed by atoms with Gasteiger partial charge >= 0.3 is 0 Å². The summed E-state index contributed by atoms with van der Waals surface area (Å²) in [6.45, 7) is 1.78. The first-order chi connectivity index (χ1) is 10.9. The summed E-state index contributed by atoms with van der Waals surface area (Å²) in [7, 11) is 0. The molecule has 1 aromatic heterocycles. The van der Waals surface area contributed by atoms with Crippen molar-refractivity contribution >= 4 is 46.0 Å². The van der Waals surface area contributed by atoms with E-state index in [0.717, 1.165) is 4.21 Å². The zero-order chi connectivity index (χ0) is 17.0. The van der Waals surface area contributed by atoms with Gasteiger partial charge in [-0.3, -0.25) is 19.7 Å². The lowest BCUT2D eigenvalue weighted by atomic mass is 10.1. The number of aromatic nitrogens is 1. The molecule has 3 amide bonds. The minimum absolute atomic E-state index is 0.150. The molecule has 0 aliphatic heterocycles. The second kappa shape index (κ2) is 7.25. The quantitative estimate of drug-likeness (QED) is 0.678. The Morgan fingerprint density at radius 2 is 1.96 bits per heavy atom. The predicted molar refractivity (Wildman–Crippen MR) is 89.7 cm³/mol. The van der Waals surface area contributed by atoms with Gasteiger partial charge < -0.3 is 11.5 Å². The Kier molecular flexibility index (Phi) is 5.35. The Morgan fingerprint density at radius 3 is 2.61 bits per heavy atom. The van der Waals surface area contributed by atoms with Gasteiger partial charge in [-0.2, -0.15) is 0 Å². The molecule has 0 saturated heterocycles. The summed E-state index contributed by atoms with van der Waals surface area (Å²) in [6, 6.07) is 6.10. The van der Waals surface area contributed by atoms with Gasteiger partial charge in [0.1, 0.15) is 0 Å². The van der Waals surface area contributed by atoms with Crippen LogP contribution in [-0.2, 0) is 4.79 Å². The summed E-state index contributed by atoms with van der Waals surface area (Å²) in [6.07, 6.45) is 0. The number of nitrogens with one attached hydrogen (secondary N) is 1. The molecule has 0 spiro atoms. The number of nitrogens with zero attached hydrogens (tertiary/aromatic N) is 1. The molecule has 2 rings (SSSR count). The number of primary amides is 2. The van der Waals surface area contributed by atoms with Crippen molar-refractivity contribution in [3.8, 4) is 0 Å². The molecule has 120 valence electrons. The Labute approximate surface area is 140 Å². The van der Waals surface area contributed by atoms with Gasteiger partial charge in [-0.15, -0.1) is 11.8 Å². The maximum absolute atomic E-state index is 12.2. The standard InChI is InChI=1S/C14H14N4O3S2/c1-7-13(22-6-10(15)19)23-14(17-7)18-12(21)9-4-2-3-8(5-9)11(16)20/h2-5H,6H2,1H3,(H2,15,19)(H2,16,20)(H,17,18,21). The van der Waals surface area contributed by atoms with Crippen LogP contribution in [0.2, 0.25) is 0 Å². The smallest absolute Gasteiger partial charge is 0.257 e. The number of benzene rings is 1. The van der Waals surface area contributed by atoms with Crippen LogP contribution in [0.15, 0.2) is 28.5 Å². The average molecular weight is 350 g/mol. The number of amides is 3. The van der Waals surface area contributed by atoms with Crippen molar-refractivity contribution in [2.45, 2.75) is 11.1 Å². The van der Waals surface area contributed by atoms with Crippen LogP contribution in [0, 0.1) is 6.92 Å². The maximum atomic E-state index is 12.2. The van der Waals surface area contributed by atoms with Gasteiger partial charge in [0.25, 0.3) is 5.91 Å². The van der Waals surface area contributed by atoms with Crippen LogP contribution in [0.3, 0.4) is 0 Å². The first kappa shape index (κ1) is 17.0. The lowest BCUT2D eigenvalue weighted by Crippen LogP contribution is -2.15. The largest absolute Gasteiger partial charge is 0.369 e. The van der Waals surface area contributed by atoms with Gasteiger partial charge in [-0.25, -0.2) is 4.98 Å². The Hall–Kier alpha value is -2.39. The molecule has 0 unspecified atom stereocenters. The molecule has 9 heteroatoms. The minimum Gasteiger partial charge on any atom is -0.369 e. The molecule has 0 aliphatic carbocycles. The van der Waals surface area contributed by atoms with Crippen molar-refractivity contribution in [1.29, 1.82) is 0 Å². The Morgan fingerprint density at radius 1 is 1.26 bits per heavy atom. The Bertz CT molecular complexity index is 773. The fourth-order valence-electron chi connectivity index (χ4n) is 1.69. The summed E-state index contributed by atoms with van der Waals surface area (Å²) in [5.41, 5.74) is 11.6. The van der Waals surface area contributed by atoms with Crippen LogP contribution in [0.4, 0.5) is 5.13 Å². The highest BCUT2D eigenvalue weighted by atomic mass is 32.2. The van der Waals surface area contributed by atoms with Crippen molar-refractivity contribution in [3.05, 3.63) is 41.1 Å². The lowest BCUT2D eigenvalue weighted by Gasteiger charge is -2.03. The van der Waals surface area contributed by atoms with Gasteiger partial charge in [0.05, 0.1) is 15.7 Å². The molecule has 0 radical (unpaired) electrons. The third-order valence-electron chi connectivity index (χ3n) is 2.73. The molecule has 0 fully saturated rings. The molecule has 0 aliphatic rings. The van der Waals surface area contributed by atoms with Gasteiger partial charge in [-0.05, 0) is 25.1 Å². The van der Waals surface area contributed by atoms with Gasteiger partial charge in [0.15, 0.2) is 5.13 Å². The highest BCUT2D eigenvalue weighted by molar-refractivity contribution is 8.01. The number of aryl methyl sites for hydroxylation is 1. The molecule has 0 bridgehead atoms. The van der Waals surface area contributed by atoms with Crippen LogP contribution in [0.25, 0.3) is 0 Å². The van der Waals surface area contributed by atoms with Crippen LogP contribution in [0.5, 0.6) is 0 Å². The zero-order valence-electron chi connectivity index (χ0n) is 12.2. The molecule has 0 saturated carbocycles. The molecule has 0 atom stereocenters. The number of hydrogen-bond donors (Lipinski definition) is 3. The second-order valence-corrected chi connectivity index (χ2v) is 6.79. The lowest BCUT2D eigenvalue weighted by molar-refractivity contribution is -0.115. The number of nitrogens with two attached hydrogens (primary N) is 2. The third-order valence-corrected chi connectivity index (χ3v) is 5.19. The van der Waals surface area contributed by atoms with E-state index >= 15 is 0 Å². The summed E-state index contributed by atoms with van der Waals surface area (Å²) < 4.78 is 0.810. The van der Waals surface area contributed by atoms with E-state index in [-0.39, 0.29) is 11.3 Å². The van der Waals surface area contributed by atoms with Crippen LogP contribution in [0.1, 0.15) is 26.4 Å². The van der Waals surface area contributed by atoms with Crippen molar-refractivity contribution in [1.82, 2.24) is 4.98 Å². The number of thiazole rings is 1. The highest BCUT2D eigenvalue weighted by Gasteiger charge is 2.14. The maximum Gasteiger partial charge on any atom is 0.257 e. The normalized spacial score (nSPS) is 10.3. The fourth-order valence-corrected chi connectivity index (χ4v) is 3.56. The van der Waals surface area contributed by atoms with E-state index in [9.17, 15) is 14.4 Å². The monoisotopic (exact) mass is 350 g/mol. The van der Waals surface area contributed by atoms with E-state index < -0.39 is 17.7 Å². The first-order valence-electron chi connectivity index (χ1n) is 6.46. The number of carbonyl (C=O) groups is 3. The second-order valence-electron chi connectivity index (χ2n) is 4.55. The fraction of sp³-hybridized carbons (Fsp3) is 0.143. The van der Waals surface area contributed by atoms with E-state index in [2.05, 4.69) is 10.3 Å². The first-order valence-corrected chi connectivity index (χ1v) is 8.26. The molecule has 7 nitrogen and oxygen atoms in total. The van der Waals surface area contributed by atoms with Crippen LogP contribution in [-0.4, -0.2) is 28.5 Å². The van der Waals surface area contributed by atoms with Crippen molar-refractivity contribution in [2.24, 2.45) is 11.5 Å². The SMILES string of the molecule is Cc1nc(NC(=O)c2cccc(C(N)=O)c2)sc1SCC(N)=O. The van der Waals surface area contributed by atoms with E-state index in [4.69, 9.17) is 11.5 Å².